The number of nitrogens with zero attached hydrogens (tertiary/aromatic N) is 1. The average Bonchev–Trinajstić information content (AvgIpc) is 2.21. The first-order chi connectivity index (χ1) is 6.91. The Balaban J connectivity index is 3.02. The van der Waals surface area contributed by atoms with Gasteiger partial charge in [0.15, 0.2) is 0 Å². The van der Waals surface area contributed by atoms with Crippen LogP contribution in [-0.2, 0) is 4.74 Å². The van der Waals surface area contributed by atoms with E-state index in [0.717, 1.165) is 26.1 Å². The Bertz CT molecular complexity index is 176. The van der Waals surface area contributed by atoms with Crippen molar-refractivity contribution in [2.24, 2.45) is 4.99 Å². The largest absolute Gasteiger partial charge is 0.376 e. The Morgan fingerprint density at radius 1 is 1.43 bits per heavy atom. The third-order valence-corrected chi connectivity index (χ3v) is 1.49. The van der Waals surface area contributed by atoms with E-state index in [0.29, 0.717) is 6.61 Å². The molecule has 0 aromatic carbocycles. The topological polar surface area (TPSA) is 33.6 Å². The van der Waals surface area contributed by atoms with E-state index in [1.807, 2.05) is 6.08 Å². The molecule has 0 saturated carbocycles. The molecule has 0 bridgehead atoms. The zero-order valence-corrected chi connectivity index (χ0v) is 8.91. The maximum Gasteiger partial charge on any atom is 0.0648 e. The molecule has 3 nitrogen and oxygen atoms in total. The first-order valence-corrected chi connectivity index (χ1v) is 4.97. The summed E-state index contributed by atoms with van der Waals surface area (Å²) in [5.74, 6) is 0. The molecule has 1 N–H and O–H groups in total. The van der Waals surface area contributed by atoms with E-state index >= 15 is 0 Å². The molecule has 0 rings (SSSR count). The summed E-state index contributed by atoms with van der Waals surface area (Å²) < 4.78 is 5.33. The van der Waals surface area contributed by atoms with Crippen molar-refractivity contribution < 1.29 is 4.74 Å². The SMILES string of the molecule is C=CN=CCNCCOC/C=C/CC. The Kier molecular flexibility index (Phi) is 11.3. The number of allylic oxidation sites excluding steroid dienone is 1. The number of hydrogen-bond donors (Lipinski definition) is 1. The summed E-state index contributed by atoms with van der Waals surface area (Å²) in [5, 5.41) is 3.16. The van der Waals surface area contributed by atoms with Gasteiger partial charge in [-0.2, -0.15) is 0 Å². The summed E-state index contributed by atoms with van der Waals surface area (Å²) in [4.78, 5) is 3.85. The van der Waals surface area contributed by atoms with Gasteiger partial charge in [-0.3, -0.25) is 4.99 Å². The minimum Gasteiger partial charge on any atom is -0.376 e. The van der Waals surface area contributed by atoms with Crippen LogP contribution in [-0.4, -0.2) is 32.5 Å². The van der Waals surface area contributed by atoms with Gasteiger partial charge in [0.2, 0.25) is 0 Å². The summed E-state index contributed by atoms with van der Waals surface area (Å²) in [6.07, 6.45) is 8.51. The van der Waals surface area contributed by atoms with Gasteiger partial charge in [-0.1, -0.05) is 25.7 Å². The van der Waals surface area contributed by atoms with Gasteiger partial charge in [-0.25, -0.2) is 0 Å². The minimum absolute atomic E-state index is 0.705. The van der Waals surface area contributed by atoms with Crippen LogP contribution >= 0.6 is 0 Å². The third-order valence-electron chi connectivity index (χ3n) is 1.49. The lowest BCUT2D eigenvalue weighted by atomic mass is 10.4. The Hall–Kier alpha value is -0.930. The fourth-order valence-corrected chi connectivity index (χ4v) is 0.824. The first kappa shape index (κ1) is 13.1. The molecule has 0 amide bonds. The molecule has 0 heterocycles. The summed E-state index contributed by atoms with van der Waals surface area (Å²) in [6, 6.07) is 0. The van der Waals surface area contributed by atoms with E-state index in [4.69, 9.17) is 4.74 Å². The summed E-state index contributed by atoms with van der Waals surface area (Å²) in [6.45, 7) is 8.64. The highest BCUT2D eigenvalue weighted by Crippen LogP contribution is 1.80. The van der Waals surface area contributed by atoms with Crippen molar-refractivity contribution in [2.75, 3.05) is 26.3 Å². The predicted molar refractivity (Wildman–Crippen MR) is 61.8 cm³/mol. The molecule has 80 valence electrons. The highest BCUT2D eigenvalue weighted by atomic mass is 16.5. The number of ether oxygens (including phenoxy) is 1. The summed E-state index contributed by atoms with van der Waals surface area (Å²) >= 11 is 0. The van der Waals surface area contributed by atoms with Crippen LogP contribution in [0.2, 0.25) is 0 Å². The van der Waals surface area contributed by atoms with Crippen molar-refractivity contribution >= 4 is 6.21 Å². The molecule has 0 saturated heterocycles. The van der Waals surface area contributed by atoms with Gasteiger partial charge in [0.05, 0.1) is 13.2 Å². The van der Waals surface area contributed by atoms with E-state index in [1.54, 1.807) is 6.21 Å². The van der Waals surface area contributed by atoms with Crippen LogP contribution < -0.4 is 5.32 Å². The van der Waals surface area contributed by atoms with E-state index < -0.39 is 0 Å². The average molecular weight is 196 g/mol. The Morgan fingerprint density at radius 2 is 2.29 bits per heavy atom. The van der Waals surface area contributed by atoms with Gasteiger partial charge in [0, 0.05) is 25.5 Å². The lowest BCUT2D eigenvalue weighted by Gasteiger charge is -2.01. The number of nitrogens with one attached hydrogen (secondary N) is 1. The normalized spacial score (nSPS) is 11.5. The van der Waals surface area contributed by atoms with Crippen molar-refractivity contribution in [3.63, 3.8) is 0 Å². The standard InChI is InChI=1S/C11H20N2O/c1-3-5-6-10-14-11-9-13-8-7-12-4-2/h4-7,13H,2-3,8-11H2,1H3/b6-5+,12-7?. The van der Waals surface area contributed by atoms with Crippen LogP contribution in [0.25, 0.3) is 0 Å². The van der Waals surface area contributed by atoms with Crippen LogP contribution in [0.15, 0.2) is 29.9 Å². The summed E-state index contributed by atoms with van der Waals surface area (Å²) in [7, 11) is 0. The van der Waals surface area contributed by atoms with E-state index in [9.17, 15) is 0 Å². The monoisotopic (exact) mass is 196 g/mol. The maximum atomic E-state index is 5.33. The van der Waals surface area contributed by atoms with Crippen molar-refractivity contribution in [1.82, 2.24) is 5.32 Å². The first-order valence-electron chi connectivity index (χ1n) is 4.97. The van der Waals surface area contributed by atoms with Crippen LogP contribution in [0, 0.1) is 0 Å². The quantitative estimate of drug-likeness (QED) is 0.346. The number of aliphatic imine (C=N–C) groups is 1. The highest BCUT2D eigenvalue weighted by Gasteiger charge is 1.84. The van der Waals surface area contributed by atoms with Gasteiger partial charge in [0.25, 0.3) is 0 Å². The second kappa shape index (κ2) is 12.1. The van der Waals surface area contributed by atoms with Gasteiger partial charge in [-0.15, -0.1) is 0 Å². The molecule has 0 aliphatic rings. The molecule has 3 heteroatoms. The fourth-order valence-electron chi connectivity index (χ4n) is 0.824. The fraction of sp³-hybridized carbons (Fsp3) is 0.545. The molecule has 0 fully saturated rings. The molecule has 14 heavy (non-hydrogen) atoms. The lowest BCUT2D eigenvalue weighted by molar-refractivity contribution is 0.165. The second-order valence-electron chi connectivity index (χ2n) is 2.67. The van der Waals surface area contributed by atoms with Crippen LogP contribution in [0.4, 0.5) is 0 Å². The van der Waals surface area contributed by atoms with Crippen molar-refractivity contribution in [2.45, 2.75) is 13.3 Å². The van der Waals surface area contributed by atoms with Crippen molar-refractivity contribution in [3.8, 4) is 0 Å². The molecule has 0 unspecified atom stereocenters. The van der Waals surface area contributed by atoms with Gasteiger partial charge >= 0.3 is 0 Å². The highest BCUT2D eigenvalue weighted by molar-refractivity contribution is 5.60. The van der Waals surface area contributed by atoms with Gasteiger partial charge < -0.3 is 10.1 Å². The maximum absolute atomic E-state index is 5.33. The number of hydrogen-bond acceptors (Lipinski definition) is 3. The Labute approximate surface area is 86.6 Å². The molecular formula is C11H20N2O. The molecule has 0 aliphatic carbocycles. The van der Waals surface area contributed by atoms with Crippen LogP contribution in [0.5, 0.6) is 0 Å². The van der Waals surface area contributed by atoms with Crippen molar-refractivity contribution in [3.05, 3.63) is 24.9 Å². The molecule has 0 spiro atoms. The van der Waals surface area contributed by atoms with E-state index in [1.165, 1.54) is 6.20 Å². The molecule has 0 aromatic rings. The van der Waals surface area contributed by atoms with Crippen LogP contribution in [0.3, 0.4) is 0 Å². The lowest BCUT2D eigenvalue weighted by Crippen LogP contribution is -2.21. The minimum atomic E-state index is 0.705. The zero-order chi connectivity index (χ0) is 10.5. The molecule has 0 aliphatic heterocycles. The van der Waals surface area contributed by atoms with Crippen molar-refractivity contribution in [1.29, 1.82) is 0 Å². The third kappa shape index (κ3) is 11.1. The Morgan fingerprint density at radius 3 is 3.00 bits per heavy atom. The molecule has 0 atom stereocenters. The molecule has 0 radical (unpaired) electrons. The second-order valence-corrected chi connectivity index (χ2v) is 2.67. The van der Waals surface area contributed by atoms with Gasteiger partial charge in [-0.05, 0) is 6.42 Å². The van der Waals surface area contributed by atoms with E-state index in [2.05, 4.69) is 29.9 Å². The number of rotatable bonds is 9. The molecular weight excluding hydrogens is 176 g/mol. The smallest absolute Gasteiger partial charge is 0.0648 e. The van der Waals surface area contributed by atoms with E-state index in [-0.39, 0.29) is 0 Å². The molecule has 0 aromatic heterocycles. The van der Waals surface area contributed by atoms with Crippen LogP contribution in [0.1, 0.15) is 13.3 Å². The summed E-state index contributed by atoms with van der Waals surface area (Å²) in [5.41, 5.74) is 0. The van der Waals surface area contributed by atoms with Gasteiger partial charge in [0.1, 0.15) is 0 Å². The predicted octanol–water partition coefficient (Wildman–Crippen LogP) is 1.77. The zero-order valence-electron chi connectivity index (χ0n) is 8.91.